The van der Waals surface area contributed by atoms with Crippen LogP contribution in [0.3, 0.4) is 0 Å². The van der Waals surface area contributed by atoms with Crippen molar-refractivity contribution in [3.05, 3.63) is 65.1 Å². The number of rotatable bonds is 3. The van der Waals surface area contributed by atoms with Crippen LogP contribution in [0.1, 0.15) is 16.1 Å². The van der Waals surface area contributed by atoms with Gasteiger partial charge in [-0.3, -0.25) is 9.59 Å². The first-order chi connectivity index (χ1) is 11.6. The van der Waals surface area contributed by atoms with Crippen LogP contribution in [0.2, 0.25) is 5.02 Å². The van der Waals surface area contributed by atoms with E-state index in [1.54, 1.807) is 58.5 Å². The van der Waals surface area contributed by atoms with Crippen molar-refractivity contribution in [3.63, 3.8) is 0 Å². The van der Waals surface area contributed by atoms with Gasteiger partial charge in [-0.15, -0.1) is 0 Å². The Morgan fingerprint density at radius 1 is 1.00 bits per heavy atom. The quantitative estimate of drug-likeness (QED) is 0.804. The number of benzene rings is 1. The fourth-order valence-corrected chi connectivity index (χ4v) is 2.80. The Bertz CT molecular complexity index is 747. The van der Waals surface area contributed by atoms with Gasteiger partial charge >= 0.3 is 0 Å². The Labute approximate surface area is 145 Å². The van der Waals surface area contributed by atoms with Gasteiger partial charge in [0, 0.05) is 32.3 Å². The average molecular weight is 345 g/mol. The van der Waals surface area contributed by atoms with Crippen molar-refractivity contribution >= 4 is 29.5 Å². The number of amides is 2. The lowest BCUT2D eigenvalue weighted by Crippen LogP contribution is -2.50. The van der Waals surface area contributed by atoms with E-state index in [4.69, 9.17) is 16.0 Å². The van der Waals surface area contributed by atoms with Crippen LogP contribution in [-0.2, 0) is 4.79 Å². The van der Waals surface area contributed by atoms with E-state index in [9.17, 15) is 9.59 Å². The van der Waals surface area contributed by atoms with Gasteiger partial charge in [0.05, 0.1) is 16.8 Å². The van der Waals surface area contributed by atoms with Gasteiger partial charge in [0.2, 0.25) is 5.91 Å². The van der Waals surface area contributed by atoms with Crippen molar-refractivity contribution in [2.75, 3.05) is 26.2 Å². The van der Waals surface area contributed by atoms with Gasteiger partial charge in [-0.1, -0.05) is 23.7 Å². The summed E-state index contributed by atoms with van der Waals surface area (Å²) >= 11 is 6.08. The van der Waals surface area contributed by atoms with Crippen LogP contribution < -0.4 is 0 Å². The molecule has 1 aromatic carbocycles. The van der Waals surface area contributed by atoms with Crippen LogP contribution in [0.5, 0.6) is 0 Å². The smallest absolute Gasteiger partial charge is 0.255 e. The Morgan fingerprint density at radius 2 is 1.71 bits per heavy atom. The Morgan fingerprint density at radius 3 is 2.38 bits per heavy atom. The Kier molecular flexibility index (Phi) is 5.01. The molecular formula is C18H17ClN2O3. The molecule has 1 aliphatic rings. The first kappa shape index (κ1) is 16.3. The molecule has 2 amide bonds. The van der Waals surface area contributed by atoms with Crippen LogP contribution in [0.25, 0.3) is 6.08 Å². The van der Waals surface area contributed by atoms with Gasteiger partial charge in [-0.25, -0.2) is 0 Å². The molecule has 0 bridgehead atoms. The summed E-state index contributed by atoms with van der Waals surface area (Å²) in [6, 6.07) is 10.6. The molecule has 0 unspecified atom stereocenters. The summed E-state index contributed by atoms with van der Waals surface area (Å²) in [4.78, 5) is 28.1. The average Bonchev–Trinajstić information content (AvgIpc) is 3.13. The zero-order valence-corrected chi connectivity index (χ0v) is 13.8. The third-order valence-electron chi connectivity index (χ3n) is 3.92. The number of halogens is 1. The molecule has 0 saturated carbocycles. The SMILES string of the molecule is O=C(C=Cc1ccco1)N1CCN(C(=O)c2ccccc2Cl)CC1. The van der Waals surface area contributed by atoms with Crippen LogP contribution in [-0.4, -0.2) is 47.8 Å². The highest BCUT2D eigenvalue weighted by Crippen LogP contribution is 2.18. The van der Waals surface area contributed by atoms with Crippen molar-refractivity contribution in [1.82, 2.24) is 9.80 Å². The number of furan rings is 1. The highest BCUT2D eigenvalue weighted by Gasteiger charge is 2.24. The van der Waals surface area contributed by atoms with Gasteiger partial charge in [-0.05, 0) is 30.3 Å². The van der Waals surface area contributed by atoms with E-state index in [0.717, 1.165) is 0 Å². The minimum absolute atomic E-state index is 0.0868. The molecule has 1 aliphatic heterocycles. The van der Waals surface area contributed by atoms with Crippen molar-refractivity contribution in [2.45, 2.75) is 0 Å². The van der Waals surface area contributed by atoms with Gasteiger partial charge in [-0.2, -0.15) is 0 Å². The molecule has 0 atom stereocenters. The fraction of sp³-hybridized carbons (Fsp3) is 0.222. The maximum atomic E-state index is 12.5. The van der Waals surface area contributed by atoms with Crippen molar-refractivity contribution in [3.8, 4) is 0 Å². The lowest BCUT2D eigenvalue weighted by atomic mass is 10.2. The maximum absolute atomic E-state index is 12.5. The second kappa shape index (κ2) is 7.36. The van der Waals surface area contributed by atoms with Gasteiger partial charge in [0.25, 0.3) is 5.91 Å². The predicted molar refractivity (Wildman–Crippen MR) is 91.7 cm³/mol. The maximum Gasteiger partial charge on any atom is 0.255 e. The molecule has 0 aliphatic carbocycles. The lowest BCUT2D eigenvalue weighted by Gasteiger charge is -2.34. The van der Waals surface area contributed by atoms with Gasteiger partial charge in [0.15, 0.2) is 0 Å². The molecular weight excluding hydrogens is 328 g/mol. The monoisotopic (exact) mass is 344 g/mol. The topological polar surface area (TPSA) is 53.8 Å². The first-order valence-corrected chi connectivity index (χ1v) is 8.07. The molecule has 1 saturated heterocycles. The first-order valence-electron chi connectivity index (χ1n) is 7.69. The van der Waals surface area contributed by atoms with Crippen LogP contribution in [0.4, 0.5) is 0 Å². The molecule has 24 heavy (non-hydrogen) atoms. The molecule has 2 heterocycles. The van der Waals surface area contributed by atoms with E-state index in [-0.39, 0.29) is 11.8 Å². The van der Waals surface area contributed by atoms with E-state index in [2.05, 4.69) is 0 Å². The number of piperazine rings is 1. The molecule has 5 nitrogen and oxygen atoms in total. The van der Waals surface area contributed by atoms with E-state index in [1.807, 2.05) is 0 Å². The Balaban J connectivity index is 1.56. The summed E-state index contributed by atoms with van der Waals surface area (Å²) in [6.45, 7) is 1.98. The van der Waals surface area contributed by atoms with Gasteiger partial charge < -0.3 is 14.2 Å². The molecule has 2 aromatic rings. The summed E-state index contributed by atoms with van der Waals surface area (Å²) in [7, 11) is 0. The fourth-order valence-electron chi connectivity index (χ4n) is 2.58. The highest BCUT2D eigenvalue weighted by molar-refractivity contribution is 6.33. The van der Waals surface area contributed by atoms with Crippen molar-refractivity contribution < 1.29 is 14.0 Å². The molecule has 1 fully saturated rings. The van der Waals surface area contributed by atoms with Crippen LogP contribution >= 0.6 is 11.6 Å². The zero-order valence-electron chi connectivity index (χ0n) is 13.0. The summed E-state index contributed by atoms with van der Waals surface area (Å²) in [6.07, 6.45) is 4.69. The highest BCUT2D eigenvalue weighted by atomic mass is 35.5. The third-order valence-corrected chi connectivity index (χ3v) is 4.25. The van der Waals surface area contributed by atoms with Crippen molar-refractivity contribution in [2.24, 2.45) is 0 Å². The summed E-state index contributed by atoms with van der Waals surface area (Å²) in [5.41, 5.74) is 0.497. The number of carbonyl (C=O) groups is 2. The zero-order chi connectivity index (χ0) is 16.9. The molecule has 1 aromatic heterocycles. The largest absolute Gasteiger partial charge is 0.465 e. The van der Waals surface area contributed by atoms with Crippen molar-refractivity contribution in [1.29, 1.82) is 0 Å². The number of hydrogen-bond donors (Lipinski definition) is 0. The predicted octanol–water partition coefficient (Wildman–Crippen LogP) is 2.93. The lowest BCUT2D eigenvalue weighted by molar-refractivity contribution is -0.127. The molecule has 3 rings (SSSR count). The third kappa shape index (κ3) is 3.68. The molecule has 0 spiro atoms. The van der Waals surface area contributed by atoms with E-state index in [1.165, 1.54) is 6.08 Å². The van der Waals surface area contributed by atoms with Gasteiger partial charge in [0.1, 0.15) is 5.76 Å². The van der Waals surface area contributed by atoms with Crippen LogP contribution in [0, 0.1) is 0 Å². The Hall–Kier alpha value is -2.53. The van der Waals surface area contributed by atoms with Crippen LogP contribution in [0.15, 0.2) is 53.2 Å². The standard InChI is InChI=1S/C18H17ClN2O3/c19-16-6-2-1-5-15(16)18(23)21-11-9-20(10-12-21)17(22)8-7-14-4-3-13-24-14/h1-8,13H,9-12H2. The van der Waals surface area contributed by atoms with E-state index < -0.39 is 0 Å². The second-order valence-corrected chi connectivity index (χ2v) is 5.85. The minimum Gasteiger partial charge on any atom is -0.465 e. The second-order valence-electron chi connectivity index (χ2n) is 5.45. The molecule has 0 radical (unpaired) electrons. The minimum atomic E-state index is -0.0983. The molecule has 6 heteroatoms. The summed E-state index contributed by atoms with van der Waals surface area (Å²) < 4.78 is 5.16. The number of nitrogens with zero attached hydrogens (tertiary/aromatic N) is 2. The normalized spacial score (nSPS) is 15.0. The number of carbonyl (C=O) groups excluding carboxylic acids is 2. The summed E-state index contributed by atoms with van der Waals surface area (Å²) in [5.74, 6) is 0.450. The number of hydrogen-bond acceptors (Lipinski definition) is 3. The molecule has 0 N–H and O–H groups in total. The molecule has 124 valence electrons. The van der Waals surface area contributed by atoms with E-state index in [0.29, 0.717) is 42.5 Å². The summed E-state index contributed by atoms with van der Waals surface area (Å²) in [5, 5.41) is 0.447. The van der Waals surface area contributed by atoms with E-state index >= 15 is 0 Å².